The van der Waals surface area contributed by atoms with E-state index >= 15 is 0 Å². The summed E-state index contributed by atoms with van der Waals surface area (Å²) in [6.45, 7) is 0. The van der Waals surface area contributed by atoms with Crippen molar-refractivity contribution in [3.8, 4) is 0 Å². The minimum Gasteiger partial charge on any atom is -0.481 e. The van der Waals surface area contributed by atoms with Gasteiger partial charge in [0.1, 0.15) is 6.04 Å². The first kappa shape index (κ1) is 17.8. The van der Waals surface area contributed by atoms with Crippen molar-refractivity contribution in [2.45, 2.75) is 12.5 Å². The predicted molar refractivity (Wildman–Crippen MR) is 39.4 cm³/mol. The van der Waals surface area contributed by atoms with Gasteiger partial charge < -0.3 is 15.9 Å². The summed E-state index contributed by atoms with van der Waals surface area (Å²) in [5.41, 5.74) is 4.84. The number of carboxylic acid groups (broad SMARTS) is 2. The molecule has 1 unspecified atom stereocenters. The van der Waals surface area contributed by atoms with Gasteiger partial charge in [-0.3, -0.25) is 9.59 Å². The molecule has 0 aliphatic rings. The molecule has 0 saturated heterocycles. The summed E-state index contributed by atoms with van der Waals surface area (Å²) in [5, 5.41) is 16.0. The maximum absolute atomic E-state index is 9.85. The van der Waals surface area contributed by atoms with Crippen LogP contribution in [-0.2, 0) is 9.59 Å². The first-order chi connectivity index (χ1) is 4.04. The molecule has 0 rings (SSSR count). The first-order valence-electron chi connectivity index (χ1n) is 2.24. The van der Waals surface area contributed by atoms with Gasteiger partial charge in [0.25, 0.3) is 0 Å². The molecule has 7 heteroatoms. The average molecular weight is 179 g/mol. The maximum atomic E-state index is 9.85. The molecular formula is C4H7NNa2O4. The van der Waals surface area contributed by atoms with Gasteiger partial charge in [0, 0.05) is 59.1 Å². The molecule has 0 saturated carbocycles. The molecule has 0 fully saturated rings. The quantitative estimate of drug-likeness (QED) is 0.440. The van der Waals surface area contributed by atoms with Gasteiger partial charge in [-0.15, -0.1) is 0 Å². The molecule has 0 spiro atoms. The van der Waals surface area contributed by atoms with Crippen LogP contribution in [0.1, 0.15) is 6.42 Å². The Bertz CT molecular complexity index is 140. The third kappa shape index (κ3) is 10.9. The fourth-order valence-electron chi connectivity index (χ4n) is 0.275. The smallest absolute Gasteiger partial charge is 0.321 e. The van der Waals surface area contributed by atoms with E-state index in [0.717, 1.165) is 0 Å². The van der Waals surface area contributed by atoms with E-state index < -0.39 is 24.4 Å². The van der Waals surface area contributed by atoms with Crippen LogP contribution in [-0.4, -0.2) is 87.3 Å². The van der Waals surface area contributed by atoms with Crippen LogP contribution in [0.15, 0.2) is 0 Å². The Kier molecular flexibility index (Phi) is 14.6. The van der Waals surface area contributed by atoms with E-state index in [1.807, 2.05) is 0 Å². The summed E-state index contributed by atoms with van der Waals surface area (Å²) in [5.74, 6) is -2.50. The van der Waals surface area contributed by atoms with Gasteiger partial charge in [-0.05, 0) is 0 Å². The van der Waals surface area contributed by atoms with E-state index in [1.165, 1.54) is 0 Å². The van der Waals surface area contributed by atoms with E-state index in [1.54, 1.807) is 0 Å². The number of aliphatic carboxylic acids is 2. The fraction of sp³-hybridized carbons (Fsp3) is 0.500. The first-order valence-corrected chi connectivity index (χ1v) is 2.24. The number of nitrogens with two attached hydrogens (primary N) is 1. The van der Waals surface area contributed by atoms with E-state index in [4.69, 9.17) is 15.9 Å². The number of hydrogen-bond donors (Lipinski definition) is 3. The van der Waals surface area contributed by atoms with Crippen molar-refractivity contribution in [2.24, 2.45) is 5.73 Å². The molecule has 0 aromatic heterocycles. The minimum atomic E-state index is -1.29. The van der Waals surface area contributed by atoms with Crippen LogP contribution >= 0.6 is 0 Å². The second-order valence-corrected chi connectivity index (χ2v) is 1.54. The molecule has 0 aromatic rings. The van der Waals surface area contributed by atoms with E-state index in [9.17, 15) is 9.59 Å². The second kappa shape index (κ2) is 8.99. The van der Waals surface area contributed by atoms with Crippen molar-refractivity contribution < 1.29 is 19.8 Å². The topological polar surface area (TPSA) is 101 Å². The third-order valence-corrected chi connectivity index (χ3v) is 0.712. The Morgan fingerprint density at radius 1 is 1.27 bits per heavy atom. The Morgan fingerprint density at radius 3 is 1.73 bits per heavy atom. The Morgan fingerprint density at radius 2 is 1.64 bits per heavy atom. The third-order valence-electron chi connectivity index (χ3n) is 0.712. The van der Waals surface area contributed by atoms with Crippen molar-refractivity contribution in [1.82, 2.24) is 0 Å². The second-order valence-electron chi connectivity index (χ2n) is 1.54. The zero-order valence-electron chi connectivity index (χ0n) is 6.57. The summed E-state index contributed by atoms with van der Waals surface area (Å²) >= 11 is 0. The van der Waals surface area contributed by atoms with E-state index in [0.29, 0.717) is 0 Å². The summed E-state index contributed by atoms with van der Waals surface area (Å²) in [6.07, 6.45) is -0.532. The number of hydrogen-bond acceptors (Lipinski definition) is 3. The van der Waals surface area contributed by atoms with Crippen LogP contribution in [0.2, 0.25) is 0 Å². The zero-order valence-corrected chi connectivity index (χ0v) is 10.6. The van der Waals surface area contributed by atoms with Gasteiger partial charge in [-0.2, -0.15) is 0 Å². The maximum Gasteiger partial charge on any atom is 0.321 e. The Balaban J connectivity index is -0.000000320. The molecule has 11 heavy (non-hydrogen) atoms. The molecule has 0 aliphatic heterocycles. The van der Waals surface area contributed by atoms with Crippen LogP contribution in [0.3, 0.4) is 0 Å². The van der Waals surface area contributed by atoms with Crippen LogP contribution in [0.4, 0.5) is 0 Å². The molecule has 4 N–H and O–H groups in total. The molecule has 0 aromatic carbocycles. The summed E-state index contributed by atoms with van der Waals surface area (Å²) < 4.78 is 0. The monoisotopic (exact) mass is 179 g/mol. The number of carbonyl (C=O) groups is 2. The van der Waals surface area contributed by atoms with Crippen LogP contribution in [0, 0.1) is 0 Å². The van der Waals surface area contributed by atoms with Gasteiger partial charge in [-0.25, -0.2) is 0 Å². The average Bonchev–Trinajstić information content (AvgIpc) is 1.63. The van der Waals surface area contributed by atoms with Crippen molar-refractivity contribution in [3.05, 3.63) is 0 Å². The zero-order chi connectivity index (χ0) is 7.44. The minimum absolute atomic E-state index is 0. The van der Waals surface area contributed by atoms with Crippen molar-refractivity contribution in [1.29, 1.82) is 0 Å². The van der Waals surface area contributed by atoms with Crippen LogP contribution in [0.25, 0.3) is 0 Å². The van der Waals surface area contributed by atoms with Gasteiger partial charge in [-0.1, -0.05) is 0 Å². The Hall–Kier alpha value is 0.900. The molecule has 1 atom stereocenters. The Labute approximate surface area is 108 Å². The van der Waals surface area contributed by atoms with Gasteiger partial charge in [0.15, 0.2) is 0 Å². The molecule has 0 heterocycles. The molecular weight excluding hydrogens is 172 g/mol. The normalized spacial score (nSPS) is 10.3. The molecule has 54 valence electrons. The van der Waals surface area contributed by atoms with Gasteiger partial charge in [0.05, 0.1) is 6.42 Å². The van der Waals surface area contributed by atoms with Crippen molar-refractivity contribution >= 4 is 71.1 Å². The van der Waals surface area contributed by atoms with Gasteiger partial charge >= 0.3 is 11.9 Å². The summed E-state index contributed by atoms with van der Waals surface area (Å²) in [7, 11) is 0. The molecule has 0 aliphatic carbocycles. The van der Waals surface area contributed by atoms with E-state index in [-0.39, 0.29) is 59.1 Å². The standard InChI is InChI=1S/C4H7NO4.2Na/c5-2(4(8)9)1-3(6)7;;/h2H,1,5H2,(H,6,7)(H,8,9);;. The van der Waals surface area contributed by atoms with E-state index in [2.05, 4.69) is 0 Å². The number of carboxylic acids is 2. The molecule has 0 amide bonds. The largest absolute Gasteiger partial charge is 0.481 e. The van der Waals surface area contributed by atoms with Crippen LogP contribution in [0.5, 0.6) is 0 Å². The SMILES string of the molecule is NC(CC(=O)O)C(=O)O.[Na].[Na]. The van der Waals surface area contributed by atoms with Gasteiger partial charge in [0.2, 0.25) is 0 Å². The molecule has 2 radical (unpaired) electrons. The molecule has 5 nitrogen and oxygen atoms in total. The predicted octanol–water partition coefficient (Wildman–Crippen LogP) is -1.89. The van der Waals surface area contributed by atoms with Crippen LogP contribution < -0.4 is 5.73 Å². The fourth-order valence-corrected chi connectivity index (χ4v) is 0.275. The van der Waals surface area contributed by atoms with Crippen molar-refractivity contribution in [3.63, 3.8) is 0 Å². The van der Waals surface area contributed by atoms with Crippen molar-refractivity contribution in [2.75, 3.05) is 0 Å². The number of rotatable bonds is 3. The summed E-state index contributed by atoms with van der Waals surface area (Å²) in [4.78, 5) is 19.6. The summed E-state index contributed by atoms with van der Waals surface area (Å²) in [6, 6.07) is -1.29. The molecule has 0 bridgehead atoms.